The molecule has 2 rings (SSSR count). The highest BCUT2D eigenvalue weighted by molar-refractivity contribution is 5.68. The predicted molar refractivity (Wildman–Crippen MR) is 79.7 cm³/mol. The molecule has 0 radical (unpaired) electrons. The molecule has 0 aromatic heterocycles. The molecule has 2 N–H and O–H groups in total. The Bertz CT molecular complexity index is 440. The van der Waals surface area contributed by atoms with E-state index in [2.05, 4.69) is 34.9 Å². The number of ether oxygens (including phenoxy) is 1. The van der Waals surface area contributed by atoms with Gasteiger partial charge in [0, 0.05) is 18.6 Å². The van der Waals surface area contributed by atoms with Gasteiger partial charge in [0.05, 0.1) is 0 Å². The lowest BCUT2D eigenvalue weighted by Gasteiger charge is -2.21. The molecule has 1 amide bonds. The molecule has 1 aromatic carbocycles. The van der Waals surface area contributed by atoms with Crippen LogP contribution in [0.25, 0.3) is 0 Å². The monoisotopic (exact) mass is 276 g/mol. The van der Waals surface area contributed by atoms with Gasteiger partial charge in [0.25, 0.3) is 0 Å². The van der Waals surface area contributed by atoms with Crippen LogP contribution in [0.1, 0.15) is 32.8 Å². The van der Waals surface area contributed by atoms with E-state index in [0.717, 1.165) is 19.4 Å². The number of carbonyl (C=O) groups excluding carboxylic acids is 1. The largest absolute Gasteiger partial charge is 0.444 e. The molecule has 4 heteroatoms. The van der Waals surface area contributed by atoms with E-state index in [-0.39, 0.29) is 12.1 Å². The second-order valence-corrected chi connectivity index (χ2v) is 6.37. The molecule has 110 valence electrons. The molecular formula is C16H24N2O2. The maximum atomic E-state index is 11.7. The molecule has 4 nitrogen and oxygen atoms in total. The molecule has 0 spiro atoms. The van der Waals surface area contributed by atoms with Gasteiger partial charge >= 0.3 is 6.09 Å². The van der Waals surface area contributed by atoms with Crippen molar-refractivity contribution in [2.45, 2.75) is 51.3 Å². The highest BCUT2D eigenvalue weighted by atomic mass is 16.6. The van der Waals surface area contributed by atoms with E-state index in [4.69, 9.17) is 4.74 Å². The number of hydrogen-bond donors (Lipinski definition) is 2. The second kappa shape index (κ2) is 6.27. The standard InChI is InChI=1S/C16H24N2O2/c1-16(2,3)20-15(19)18-14-10-13(17-11-14)9-12-7-5-4-6-8-12/h4-8,13-14,17H,9-11H2,1-3H3,(H,18,19). The summed E-state index contributed by atoms with van der Waals surface area (Å²) in [5.41, 5.74) is 0.877. The first-order valence-electron chi connectivity index (χ1n) is 7.19. The Labute approximate surface area is 120 Å². The van der Waals surface area contributed by atoms with Crippen LogP contribution in [0.15, 0.2) is 30.3 Å². The first-order chi connectivity index (χ1) is 9.42. The third-order valence-electron chi connectivity index (χ3n) is 3.27. The fraction of sp³-hybridized carbons (Fsp3) is 0.562. The van der Waals surface area contributed by atoms with Crippen LogP contribution in [0.3, 0.4) is 0 Å². The van der Waals surface area contributed by atoms with Gasteiger partial charge in [0.15, 0.2) is 0 Å². The summed E-state index contributed by atoms with van der Waals surface area (Å²) in [4.78, 5) is 11.7. The molecule has 1 aliphatic rings. The molecule has 1 fully saturated rings. The lowest BCUT2D eigenvalue weighted by molar-refractivity contribution is 0.0508. The van der Waals surface area contributed by atoms with Crippen molar-refractivity contribution in [2.75, 3.05) is 6.54 Å². The van der Waals surface area contributed by atoms with Crippen molar-refractivity contribution >= 4 is 6.09 Å². The van der Waals surface area contributed by atoms with Crippen LogP contribution in [-0.2, 0) is 11.2 Å². The summed E-state index contributed by atoms with van der Waals surface area (Å²) in [5.74, 6) is 0. The van der Waals surface area contributed by atoms with Crippen LogP contribution in [0.4, 0.5) is 4.79 Å². The Hall–Kier alpha value is -1.55. The van der Waals surface area contributed by atoms with Crippen molar-refractivity contribution in [3.8, 4) is 0 Å². The zero-order chi connectivity index (χ0) is 14.6. The van der Waals surface area contributed by atoms with Gasteiger partial charge in [-0.1, -0.05) is 30.3 Å². The molecule has 2 unspecified atom stereocenters. The number of nitrogens with one attached hydrogen (secondary N) is 2. The summed E-state index contributed by atoms with van der Waals surface area (Å²) in [6.07, 6.45) is 1.60. The van der Waals surface area contributed by atoms with Gasteiger partial charge in [-0.2, -0.15) is 0 Å². The quantitative estimate of drug-likeness (QED) is 0.891. The fourth-order valence-corrected chi connectivity index (χ4v) is 2.46. The van der Waals surface area contributed by atoms with E-state index in [1.807, 2.05) is 26.8 Å². The van der Waals surface area contributed by atoms with Crippen molar-refractivity contribution in [1.82, 2.24) is 10.6 Å². The van der Waals surface area contributed by atoms with E-state index >= 15 is 0 Å². The number of benzene rings is 1. The van der Waals surface area contributed by atoms with E-state index < -0.39 is 5.60 Å². The van der Waals surface area contributed by atoms with Gasteiger partial charge in [0.1, 0.15) is 5.60 Å². The first-order valence-corrected chi connectivity index (χ1v) is 7.19. The van der Waals surface area contributed by atoms with Gasteiger partial charge in [-0.25, -0.2) is 4.79 Å². The summed E-state index contributed by atoms with van der Waals surface area (Å²) in [5, 5.41) is 6.38. The Kier molecular flexibility index (Phi) is 4.65. The smallest absolute Gasteiger partial charge is 0.407 e. The van der Waals surface area contributed by atoms with Gasteiger partial charge in [0.2, 0.25) is 0 Å². The fourth-order valence-electron chi connectivity index (χ4n) is 2.46. The summed E-state index contributed by atoms with van der Waals surface area (Å²) < 4.78 is 5.28. The Morgan fingerprint density at radius 2 is 2.05 bits per heavy atom. The maximum Gasteiger partial charge on any atom is 0.407 e. The van der Waals surface area contributed by atoms with Crippen LogP contribution in [0.5, 0.6) is 0 Å². The van der Waals surface area contributed by atoms with Crippen LogP contribution in [0, 0.1) is 0 Å². The zero-order valence-electron chi connectivity index (χ0n) is 12.5. The summed E-state index contributed by atoms with van der Waals surface area (Å²) in [7, 11) is 0. The lowest BCUT2D eigenvalue weighted by Crippen LogP contribution is -2.40. The Morgan fingerprint density at radius 3 is 2.70 bits per heavy atom. The summed E-state index contributed by atoms with van der Waals surface area (Å²) in [6.45, 7) is 6.42. The molecule has 2 atom stereocenters. The predicted octanol–water partition coefficient (Wildman–Crippen LogP) is 2.48. The van der Waals surface area contributed by atoms with E-state index in [1.165, 1.54) is 5.56 Å². The highest BCUT2D eigenvalue weighted by Crippen LogP contribution is 2.14. The van der Waals surface area contributed by atoms with Crippen LogP contribution in [0.2, 0.25) is 0 Å². The Balaban J connectivity index is 1.77. The summed E-state index contributed by atoms with van der Waals surface area (Å²) >= 11 is 0. The average molecular weight is 276 g/mol. The molecule has 0 aliphatic carbocycles. The highest BCUT2D eigenvalue weighted by Gasteiger charge is 2.27. The number of rotatable bonds is 3. The lowest BCUT2D eigenvalue weighted by atomic mass is 10.0. The third kappa shape index (κ3) is 4.85. The van der Waals surface area contributed by atoms with Gasteiger partial charge in [-0.05, 0) is 39.2 Å². The minimum absolute atomic E-state index is 0.151. The average Bonchev–Trinajstić information content (AvgIpc) is 2.75. The molecular weight excluding hydrogens is 252 g/mol. The van der Waals surface area contributed by atoms with E-state index in [0.29, 0.717) is 6.04 Å². The zero-order valence-corrected chi connectivity index (χ0v) is 12.5. The maximum absolute atomic E-state index is 11.7. The third-order valence-corrected chi connectivity index (χ3v) is 3.27. The van der Waals surface area contributed by atoms with Crippen molar-refractivity contribution in [3.05, 3.63) is 35.9 Å². The van der Waals surface area contributed by atoms with Gasteiger partial charge < -0.3 is 15.4 Å². The minimum atomic E-state index is -0.445. The molecule has 1 aromatic rings. The molecule has 1 aliphatic heterocycles. The second-order valence-electron chi connectivity index (χ2n) is 6.37. The molecule has 20 heavy (non-hydrogen) atoms. The molecule has 0 bridgehead atoms. The normalized spacial score (nSPS) is 22.6. The van der Waals surface area contributed by atoms with Crippen LogP contribution in [-0.4, -0.2) is 30.3 Å². The van der Waals surface area contributed by atoms with Gasteiger partial charge in [-0.3, -0.25) is 0 Å². The minimum Gasteiger partial charge on any atom is -0.444 e. The number of hydrogen-bond acceptors (Lipinski definition) is 3. The Morgan fingerprint density at radius 1 is 1.35 bits per heavy atom. The SMILES string of the molecule is CC(C)(C)OC(=O)NC1CNC(Cc2ccccc2)C1. The van der Waals surface area contributed by atoms with Crippen molar-refractivity contribution in [1.29, 1.82) is 0 Å². The van der Waals surface area contributed by atoms with Crippen molar-refractivity contribution in [3.63, 3.8) is 0 Å². The van der Waals surface area contributed by atoms with Crippen LogP contribution >= 0.6 is 0 Å². The topological polar surface area (TPSA) is 50.4 Å². The van der Waals surface area contributed by atoms with Crippen molar-refractivity contribution < 1.29 is 9.53 Å². The summed E-state index contributed by atoms with van der Waals surface area (Å²) in [6, 6.07) is 11.0. The van der Waals surface area contributed by atoms with Gasteiger partial charge in [-0.15, -0.1) is 0 Å². The molecule has 1 saturated heterocycles. The molecule has 0 saturated carbocycles. The van der Waals surface area contributed by atoms with Crippen molar-refractivity contribution in [2.24, 2.45) is 0 Å². The van der Waals surface area contributed by atoms with Crippen LogP contribution < -0.4 is 10.6 Å². The number of carbonyl (C=O) groups is 1. The first kappa shape index (κ1) is 14.9. The van der Waals surface area contributed by atoms with E-state index in [9.17, 15) is 4.79 Å². The van der Waals surface area contributed by atoms with E-state index in [1.54, 1.807) is 0 Å². The number of amides is 1. The number of alkyl carbamates (subject to hydrolysis) is 1. The molecule has 1 heterocycles.